The van der Waals surface area contributed by atoms with Crippen LogP contribution in [0.1, 0.15) is 18.9 Å². The summed E-state index contributed by atoms with van der Waals surface area (Å²) >= 11 is 0. The molecule has 31 heavy (non-hydrogen) atoms. The molecule has 1 aliphatic heterocycles. The lowest BCUT2D eigenvalue weighted by Gasteiger charge is -2.22. The molecule has 8 nitrogen and oxygen atoms in total. The maximum Gasteiger partial charge on any atom is 0.177 e. The first-order valence-electron chi connectivity index (χ1n) is 10.1. The van der Waals surface area contributed by atoms with Crippen molar-refractivity contribution in [2.45, 2.75) is 18.9 Å². The van der Waals surface area contributed by atoms with Crippen LogP contribution in [-0.4, -0.2) is 38.1 Å². The van der Waals surface area contributed by atoms with Crippen molar-refractivity contribution in [2.75, 3.05) is 18.8 Å². The first-order valence-corrected chi connectivity index (χ1v) is 10.1. The highest BCUT2D eigenvalue weighted by Crippen LogP contribution is 2.37. The molecule has 0 radical (unpaired) electrons. The zero-order valence-electron chi connectivity index (χ0n) is 16.7. The van der Waals surface area contributed by atoms with E-state index in [-0.39, 0.29) is 12.4 Å². The SMILES string of the molecule is Cl.Nc1ncc(-c2cnn(C3CCNCC3)c2)c2cc(-c3ccc4[nH]ncc4c3)oc12. The fraction of sp³-hybridized carbons (Fsp3) is 0.227. The van der Waals surface area contributed by atoms with Crippen molar-refractivity contribution in [1.82, 2.24) is 30.3 Å². The molecule has 0 aliphatic carbocycles. The number of aromatic amines is 1. The van der Waals surface area contributed by atoms with E-state index in [4.69, 9.17) is 10.2 Å². The Bertz CT molecular complexity index is 1360. The lowest BCUT2D eigenvalue weighted by atomic mass is 10.1. The van der Waals surface area contributed by atoms with E-state index in [1.165, 1.54) is 0 Å². The van der Waals surface area contributed by atoms with E-state index in [1.807, 2.05) is 24.4 Å². The molecule has 5 heterocycles. The Morgan fingerprint density at radius 3 is 2.81 bits per heavy atom. The van der Waals surface area contributed by atoms with Crippen molar-refractivity contribution >= 4 is 40.1 Å². The molecule has 0 amide bonds. The van der Waals surface area contributed by atoms with Gasteiger partial charge in [0.1, 0.15) is 5.76 Å². The number of pyridine rings is 1. The molecule has 6 rings (SSSR count). The van der Waals surface area contributed by atoms with Crippen LogP contribution in [0.25, 0.3) is 44.3 Å². The number of piperidine rings is 1. The zero-order valence-corrected chi connectivity index (χ0v) is 17.5. The van der Waals surface area contributed by atoms with Crippen molar-refractivity contribution in [2.24, 2.45) is 0 Å². The number of nitrogens with one attached hydrogen (secondary N) is 2. The summed E-state index contributed by atoms with van der Waals surface area (Å²) < 4.78 is 8.22. The van der Waals surface area contributed by atoms with Gasteiger partial charge in [-0.1, -0.05) is 0 Å². The summed E-state index contributed by atoms with van der Waals surface area (Å²) in [6.45, 7) is 2.05. The van der Waals surface area contributed by atoms with Crippen molar-refractivity contribution in [3.8, 4) is 22.5 Å². The highest BCUT2D eigenvalue weighted by molar-refractivity contribution is 6.00. The Morgan fingerprint density at radius 2 is 1.94 bits per heavy atom. The van der Waals surface area contributed by atoms with Crippen LogP contribution in [0, 0.1) is 0 Å². The number of halogens is 1. The van der Waals surface area contributed by atoms with Crippen LogP contribution in [0.2, 0.25) is 0 Å². The largest absolute Gasteiger partial charge is 0.452 e. The minimum atomic E-state index is 0. The third kappa shape index (κ3) is 3.34. The predicted molar refractivity (Wildman–Crippen MR) is 123 cm³/mol. The molecule has 0 spiro atoms. The summed E-state index contributed by atoms with van der Waals surface area (Å²) in [5.41, 5.74) is 10.7. The Labute approximate surface area is 184 Å². The van der Waals surface area contributed by atoms with E-state index in [1.54, 1.807) is 12.4 Å². The molecule has 4 aromatic heterocycles. The smallest absolute Gasteiger partial charge is 0.177 e. The van der Waals surface area contributed by atoms with Crippen LogP contribution >= 0.6 is 12.4 Å². The van der Waals surface area contributed by atoms with Crippen molar-refractivity contribution < 1.29 is 4.42 Å². The summed E-state index contributed by atoms with van der Waals surface area (Å²) in [6, 6.07) is 8.52. The van der Waals surface area contributed by atoms with Gasteiger partial charge in [0, 0.05) is 39.9 Å². The average molecular weight is 436 g/mol. The van der Waals surface area contributed by atoms with E-state index in [2.05, 4.69) is 42.5 Å². The van der Waals surface area contributed by atoms with Gasteiger partial charge in [-0.15, -0.1) is 12.4 Å². The number of aromatic nitrogens is 5. The second kappa shape index (κ2) is 7.72. The van der Waals surface area contributed by atoms with Crippen molar-refractivity contribution in [3.05, 3.63) is 49.1 Å². The molecule has 0 saturated carbocycles. The minimum absolute atomic E-state index is 0. The van der Waals surface area contributed by atoms with Gasteiger partial charge < -0.3 is 15.5 Å². The number of nitrogen functional groups attached to an aromatic ring is 1. The lowest BCUT2D eigenvalue weighted by molar-refractivity contribution is 0.343. The summed E-state index contributed by atoms with van der Waals surface area (Å²) in [5, 5.41) is 17.1. The molecular weight excluding hydrogens is 414 g/mol. The Balaban J connectivity index is 0.00000204. The number of rotatable bonds is 3. The van der Waals surface area contributed by atoms with Gasteiger partial charge in [-0.3, -0.25) is 9.78 Å². The lowest BCUT2D eigenvalue weighted by Crippen LogP contribution is -2.29. The van der Waals surface area contributed by atoms with E-state index in [0.717, 1.165) is 64.7 Å². The van der Waals surface area contributed by atoms with Crippen LogP contribution < -0.4 is 11.1 Å². The molecule has 0 atom stereocenters. The number of nitrogens with zero attached hydrogens (tertiary/aromatic N) is 4. The Morgan fingerprint density at radius 1 is 1.06 bits per heavy atom. The monoisotopic (exact) mass is 435 g/mol. The first kappa shape index (κ1) is 19.6. The maximum absolute atomic E-state index is 6.14. The number of furan rings is 1. The minimum Gasteiger partial charge on any atom is -0.452 e. The summed E-state index contributed by atoms with van der Waals surface area (Å²) in [7, 11) is 0. The van der Waals surface area contributed by atoms with Gasteiger partial charge in [0.05, 0.1) is 24.0 Å². The highest BCUT2D eigenvalue weighted by atomic mass is 35.5. The normalized spacial score (nSPS) is 14.8. The third-order valence-corrected chi connectivity index (χ3v) is 5.91. The van der Waals surface area contributed by atoms with Crippen LogP contribution in [0.3, 0.4) is 0 Å². The summed E-state index contributed by atoms with van der Waals surface area (Å²) in [5.74, 6) is 1.13. The second-order valence-electron chi connectivity index (χ2n) is 7.77. The maximum atomic E-state index is 6.14. The van der Waals surface area contributed by atoms with Gasteiger partial charge in [-0.25, -0.2) is 4.98 Å². The summed E-state index contributed by atoms with van der Waals surface area (Å²) in [6.07, 6.45) is 9.79. The number of hydrogen-bond donors (Lipinski definition) is 3. The van der Waals surface area contributed by atoms with Gasteiger partial charge in [0.25, 0.3) is 0 Å². The molecular formula is C22H22ClN7O. The Kier molecular flexibility index (Phi) is 4.88. The second-order valence-corrected chi connectivity index (χ2v) is 7.77. The average Bonchev–Trinajstić information content (AvgIpc) is 3.53. The van der Waals surface area contributed by atoms with E-state index in [9.17, 15) is 0 Å². The topological polar surface area (TPSA) is 111 Å². The van der Waals surface area contributed by atoms with Crippen LogP contribution in [0.15, 0.2) is 53.5 Å². The molecule has 0 unspecified atom stereocenters. The fourth-order valence-corrected chi connectivity index (χ4v) is 4.26. The van der Waals surface area contributed by atoms with Crippen molar-refractivity contribution in [1.29, 1.82) is 0 Å². The van der Waals surface area contributed by atoms with E-state index < -0.39 is 0 Å². The molecule has 9 heteroatoms. The molecule has 158 valence electrons. The quantitative estimate of drug-likeness (QED) is 0.392. The predicted octanol–water partition coefficient (Wildman–Crippen LogP) is 4.16. The van der Waals surface area contributed by atoms with E-state index in [0.29, 0.717) is 17.4 Å². The molecule has 1 fully saturated rings. The molecule has 1 aliphatic rings. The van der Waals surface area contributed by atoms with Gasteiger partial charge in [0.2, 0.25) is 0 Å². The number of anilines is 1. The van der Waals surface area contributed by atoms with Crippen LogP contribution in [0.5, 0.6) is 0 Å². The van der Waals surface area contributed by atoms with Crippen LogP contribution in [-0.2, 0) is 0 Å². The number of nitrogens with two attached hydrogens (primary N) is 1. The number of benzene rings is 1. The van der Waals surface area contributed by atoms with Gasteiger partial charge >= 0.3 is 0 Å². The van der Waals surface area contributed by atoms with Crippen LogP contribution in [0.4, 0.5) is 5.82 Å². The van der Waals surface area contributed by atoms with Gasteiger partial charge in [-0.2, -0.15) is 10.2 Å². The van der Waals surface area contributed by atoms with Gasteiger partial charge in [-0.05, 0) is 50.2 Å². The molecule has 0 bridgehead atoms. The Hall–Kier alpha value is -3.36. The molecule has 5 aromatic rings. The standard InChI is InChI=1S/C22H21N7O.ClH/c23-22-21-17(8-20(30-21)13-1-2-19-14(7-13)9-26-28-19)18(11-25-22)15-10-27-29(12-15)16-3-5-24-6-4-16;/h1-2,7-12,16,24H,3-6H2,(H2,23,25)(H,26,28);1H. The first-order chi connectivity index (χ1) is 14.8. The number of H-pyrrole nitrogens is 1. The fourth-order valence-electron chi connectivity index (χ4n) is 4.26. The highest BCUT2D eigenvalue weighted by Gasteiger charge is 2.19. The van der Waals surface area contributed by atoms with Crippen molar-refractivity contribution in [3.63, 3.8) is 0 Å². The molecule has 4 N–H and O–H groups in total. The molecule has 1 saturated heterocycles. The zero-order chi connectivity index (χ0) is 20.1. The number of hydrogen-bond acceptors (Lipinski definition) is 6. The number of fused-ring (bicyclic) bond motifs is 2. The summed E-state index contributed by atoms with van der Waals surface area (Å²) in [4.78, 5) is 4.38. The van der Waals surface area contributed by atoms with Gasteiger partial charge in [0.15, 0.2) is 11.4 Å². The third-order valence-electron chi connectivity index (χ3n) is 5.91. The van der Waals surface area contributed by atoms with E-state index >= 15 is 0 Å². The molecule has 1 aromatic carbocycles.